The number of nitrogens with zero attached hydrogens (tertiary/aromatic N) is 3. The highest BCUT2D eigenvalue weighted by atomic mass is 35.5. The molecule has 28 heavy (non-hydrogen) atoms. The second kappa shape index (κ2) is 7.62. The van der Waals surface area contributed by atoms with Crippen LogP contribution in [0.1, 0.15) is 16.1 Å². The number of rotatable bonds is 4. The molecular weight excluding hydrogens is 374 g/mol. The largest absolute Gasteiger partial charge is 0.337 e. The summed E-state index contributed by atoms with van der Waals surface area (Å²) in [6.45, 7) is 1.90. The Labute approximate surface area is 166 Å². The number of hydrogen-bond donors (Lipinski definition) is 2. The van der Waals surface area contributed by atoms with Gasteiger partial charge < -0.3 is 10.6 Å². The van der Waals surface area contributed by atoms with Crippen molar-refractivity contribution in [3.8, 4) is 0 Å². The number of amides is 1. The number of carbonyl (C=O) groups excluding carboxylic acids is 1. The van der Waals surface area contributed by atoms with Crippen molar-refractivity contribution < 1.29 is 4.79 Å². The lowest BCUT2D eigenvalue weighted by molar-refractivity contribution is 0.102. The number of halogens is 1. The maximum atomic E-state index is 12.4. The molecule has 2 aromatic heterocycles. The highest BCUT2D eigenvalue weighted by Crippen LogP contribution is 2.23. The Bertz CT molecular complexity index is 1160. The molecule has 0 fully saturated rings. The molecule has 0 aliphatic rings. The van der Waals surface area contributed by atoms with Crippen LogP contribution in [0.4, 0.5) is 17.2 Å². The summed E-state index contributed by atoms with van der Waals surface area (Å²) in [5, 5.41) is 7.57. The molecule has 0 atom stereocenters. The third-order valence-electron chi connectivity index (χ3n) is 4.21. The van der Waals surface area contributed by atoms with E-state index >= 15 is 0 Å². The summed E-state index contributed by atoms with van der Waals surface area (Å²) >= 11 is 6.09. The molecule has 0 bridgehead atoms. The van der Waals surface area contributed by atoms with E-state index in [0.717, 1.165) is 22.2 Å². The van der Waals surface area contributed by atoms with Crippen LogP contribution in [0.5, 0.6) is 0 Å². The van der Waals surface area contributed by atoms with Crippen LogP contribution in [-0.2, 0) is 0 Å². The molecule has 6 nitrogen and oxygen atoms in total. The van der Waals surface area contributed by atoms with Gasteiger partial charge in [0.05, 0.1) is 23.6 Å². The van der Waals surface area contributed by atoms with Crippen LogP contribution in [-0.4, -0.2) is 20.9 Å². The third kappa shape index (κ3) is 3.77. The Morgan fingerprint density at radius 1 is 1.00 bits per heavy atom. The quantitative estimate of drug-likeness (QED) is 0.514. The van der Waals surface area contributed by atoms with Gasteiger partial charge in [0.25, 0.3) is 5.91 Å². The molecule has 0 aliphatic heterocycles. The van der Waals surface area contributed by atoms with Gasteiger partial charge in [0, 0.05) is 22.3 Å². The minimum absolute atomic E-state index is 0.207. The number of anilines is 3. The fourth-order valence-electron chi connectivity index (χ4n) is 2.72. The molecule has 138 valence electrons. The van der Waals surface area contributed by atoms with Crippen LogP contribution < -0.4 is 10.6 Å². The molecular formula is C21H16ClN5O. The number of para-hydroxylation sites is 1. The lowest BCUT2D eigenvalue weighted by Gasteiger charge is -2.09. The fourth-order valence-corrected chi connectivity index (χ4v) is 2.90. The number of aromatic nitrogens is 3. The van der Waals surface area contributed by atoms with Gasteiger partial charge >= 0.3 is 0 Å². The Balaban J connectivity index is 1.50. The number of fused-ring (bicyclic) bond motifs is 1. The molecule has 0 unspecified atom stereocenters. The minimum Gasteiger partial charge on any atom is -0.337 e. The summed E-state index contributed by atoms with van der Waals surface area (Å²) in [6.07, 6.45) is 4.68. The van der Waals surface area contributed by atoms with Crippen LogP contribution in [0, 0.1) is 6.92 Å². The predicted octanol–water partition coefficient (Wildman–Crippen LogP) is 4.98. The summed E-state index contributed by atoms with van der Waals surface area (Å²) in [7, 11) is 0. The number of carbonyl (C=O) groups is 1. The number of pyridine rings is 1. The average Bonchev–Trinajstić information content (AvgIpc) is 2.71. The lowest BCUT2D eigenvalue weighted by atomic mass is 10.2. The zero-order valence-corrected chi connectivity index (χ0v) is 15.7. The first-order valence-electron chi connectivity index (χ1n) is 8.60. The molecule has 0 radical (unpaired) electrons. The number of benzene rings is 2. The van der Waals surface area contributed by atoms with Gasteiger partial charge in [-0.1, -0.05) is 35.9 Å². The van der Waals surface area contributed by atoms with Crippen LogP contribution in [0.15, 0.2) is 67.1 Å². The minimum atomic E-state index is -0.356. The Kier molecular flexibility index (Phi) is 4.87. The highest BCUT2D eigenvalue weighted by Gasteiger charge is 2.10. The van der Waals surface area contributed by atoms with E-state index in [2.05, 4.69) is 25.6 Å². The van der Waals surface area contributed by atoms with E-state index in [9.17, 15) is 4.79 Å². The van der Waals surface area contributed by atoms with E-state index < -0.39 is 0 Å². The van der Waals surface area contributed by atoms with E-state index in [4.69, 9.17) is 11.6 Å². The normalized spacial score (nSPS) is 10.6. The molecule has 0 saturated heterocycles. The maximum absolute atomic E-state index is 12.4. The van der Waals surface area contributed by atoms with Gasteiger partial charge in [-0.25, -0.2) is 9.97 Å². The summed E-state index contributed by atoms with van der Waals surface area (Å²) in [6, 6.07) is 15.1. The van der Waals surface area contributed by atoms with Gasteiger partial charge in [0.1, 0.15) is 11.5 Å². The average molecular weight is 390 g/mol. The summed E-state index contributed by atoms with van der Waals surface area (Å²) in [5.41, 5.74) is 3.41. The molecule has 4 aromatic rings. The van der Waals surface area contributed by atoms with Crippen molar-refractivity contribution in [2.24, 2.45) is 0 Å². The van der Waals surface area contributed by atoms with E-state index in [1.807, 2.05) is 43.3 Å². The van der Waals surface area contributed by atoms with Crippen LogP contribution >= 0.6 is 11.6 Å². The van der Waals surface area contributed by atoms with Gasteiger partial charge in [-0.3, -0.25) is 9.78 Å². The van der Waals surface area contributed by atoms with E-state index in [1.54, 1.807) is 18.3 Å². The van der Waals surface area contributed by atoms with Crippen molar-refractivity contribution in [1.29, 1.82) is 0 Å². The van der Waals surface area contributed by atoms with Gasteiger partial charge in [-0.05, 0) is 36.8 Å². The SMILES string of the molecule is Cc1ccc(NC(=O)c2cnc(Nc3cccc4cccnc34)cn2)cc1Cl. The Morgan fingerprint density at radius 3 is 2.64 bits per heavy atom. The number of hydrogen-bond acceptors (Lipinski definition) is 5. The topological polar surface area (TPSA) is 79.8 Å². The molecule has 0 aliphatic carbocycles. The molecule has 2 aromatic carbocycles. The van der Waals surface area contributed by atoms with Crippen molar-refractivity contribution in [1.82, 2.24) is 15.0 Å². The molecule has 0 saturated carbocycles. The van der Waals surface area contributed by atoms with E-state index in [0.29, 0.717) is 16.5 Å². The summed E-state index contributed by atoms with van der Waals surface area (Å²) in [4.78, 5) is 25.3. The van der Waals surface area contributed by atoms with Crippen molar-refractivity contribution in [3.05, 3.63) is 83.4 Å². The smallest absolute Gasteiger partial charge is 0.275 e. The maximum Gasteiger partial charge on any atom is 0.275 e. The molecule has 4 rings (SSSR count). The molecule has 2 heterocycles. The zero-order chi connectivity index (χ0) is 19.5. The third-order valence-corrected chi connectivity index (χ3v) is 4.62. The number of aryl methyl sites for hydroxylation is 1. The van der Waals surface area contributed by atoms with Gasteiger partial charge in [-0.2, -0.15) is 0 Å². The van der Waals surface area contributed by atoms with Crippen LogP contribution in [0.2, 0.25) is 5.02 Å². The van der Waals surface area contributed by atoms with Gasteiger partial charge in [0.2, 0.25) is 0 Å². The van der Waals surface area contributed by atoms with Crippen LogP contribution in [0.3, 0.4) is 0 Å². The molecule has 7 heteroatoms. The van der Waals surface area contributed by atoms with Crippen molar-refractivity contribution in [2.45, 2.75) is 6.92 Å². The monoisotopic (exact) mass is 389 g/mol. The first-order valence-corrected chi connectivity index (χ1v) is 8.98. The first kappa shape index (κ1) is 17.9. The van der Waals surface area contributed by atoms with Gasteiger partial charge in [0.15, 0.2) is 0 Å². The Hall–Kier alpha value is -3.51. The standard InChI is InChI=1S/C21H16ClN5O/c1-13-7-8-15(10-16(13)22)26-21(28)18-11-25-19(12-24-18)27-17-6-2-4-14-5-3-9-23-20(14)17/h2-12H,1H3,(H,25,27)(H,26,28). The van der Waals surface area contributed by atoms with Crippen molar-refractivity contribution >= 4 is 45.6 Å². The Morgan fingerprint density at radius 2 is 1.86 bits per heavy atom. The number of nitrogens with one attached hydrogen (secondary N) is 2. The second-order valence-electron chi connectivity index (χ2n) is 6.21. The van der Waals surface area contributed by atoms with Crippen LogP contribution in [0.25, 0.3) is 10.9 Å². The predicted molar refractivity (Wildman–Crippen MR) is 111 cm³/mol. The van der Waals surface area contributed by atoms with Gasteiger partial charge in [-0.15, -0.1) is 0 Å². The lowest BCUT2D eigenvalue weighted by Crippen LogP contribution is -2.14. The van der Waals surface area contributed by atoms with E-state index in [1.165, 1.54) is 12.4 Å². The summed E-state index contributed by atoms with van der Waals surface area (Å²) in [5.74, 6) is 0.166. The van der Waals surface area contributed by atoms with Crippen molar-refractivity contribution in [2.75, 3.05) is 10.6 Å². The molecule has 2 N–H and O–H groups in total. The van der Waals surface area contributed by atoms with E-state index in [-0.39, 0.29) is 11.6 Å². The summed E-state index contributed by atoms with van der Waals surface area (Å²) < 4.78 is 0. The molecule has 1 amide bonds. The van der Waals surface area contributed by atoms with Crippen molar-refractivity contribution in [3.63, 3.8) is 0 Å². The fraction of sp³-hybridized carbons (Fsp3) is 0.0476. The molecule has 0 spiro atoms. The first-order chi connectivity index (χ1) is 13.6. The zero-order valence-electron chi connectivity index (χ0n) is 15.0. The highest BCUT2D eigenvalue weighted by molar-refractivity contribution is 6.31. The second-order valence-corrected chi connectivity index (χ2v) is 6.62.